The van der Waals surface area contributed by atoms with Gasteiger partial charge in [-0.3, -0.25) is 4.79 Å². The molecule has 0 fully saturated rings. The molecule has 0 saturated carbocycles. The number of pyridine rings is 1. The molecule has 0 unspecified atom stereocenters. The van der Waals surface area contributed by atoms with Crippen molar-refractivity contribution in [1.29, 1.82) is 0 Å². The number of hydrogen-bond acceptors (Lipinski definition) is 4. The summed E-state index contributed by atoms with van der Waals surface area (Å²) in [6, 6.07) is 14.4. The second-order valence-corrected chi connectivity index (χ2v) is 14.6. The van der Waals surface area contributed by atoms with Crippen molar-refractivity contribution in [3.8, 4) is 11.3 Å². The zero-order valence-electron chi connectivity index (χ0n) is 26.7. The molecule has 2 aromatic heterocycles. The molecule has 229 valence electrons. The van der Waals surface area contributed by atoms with E-state index in [0.29, 0.717) is 14.5 Å². The molecule has 42 heavy (non-hydrogen) atoms. The van der Waals surface area contributed by atoms with Gasteiger partial charge in [-0.1, -0.05) is 27.7 Å². The molecular weight excluding hydrogens is 764 g/mol. The van der Waals surface area contributed by atoms with E-state index in [4.69, 9.17) is 4.98 Å². The number of aliphatic hydroxyl groups is 1. The fourth-order valence-electron chi connectivity index (χ4n) is 5.14. The zero-order chi connectivity index (χ0) is 30.3. The number of rotatable bonds is 9. The Morgan fingerprint density at radius 1 is 1.00 bits per heavy atom. The number of nitrogens with zero attached hydrogens (tertiary/aromatic N) is 2. The summed E-state index contributed by atoms with van der Waals surface area (Å²) in [5.74, 6) is 0.547. The Bertz CT molecular complexity index is 1490. The van der Waals surface area contributed by atoms with Gasteiger partial charge in [-0.25, -0.2) is 0 Å². The van der Waals surface area contributed by atoms with Crippen LogP contribution < -0.4 is 0 Å². The van der Waals surface area contributed by atoms with Crippen molar-refractivity contribution < 1.29 is 30.0 Å². The quantitative estimate of drug-likeness (QED) is 0.0793. The van der Waals surface area contributed by atoms with Gasteiger partial charge in [0.2, 0.25) is 0 Å². The van der Waals surface area contributed by atoms with Gasteiger partial charge in [0.15, 0.2) is 5.78 Å². The minimum Gasteiger partial charge on any atom is 0 e. The van der Waals surface area contributed by atoms with E-state index in [-0.39, 0.29) is 48.9 Å². The number of carbonyl (C=O) groups is 1. The fraction of sp³-hybridized carbons (Fsp3) is 0.472. The van der Waals surface area contributed by atoms with Crippen LogP contribution in [-0.2, 0) is 31.3 Å². The van der Waals surface area contributed by atoms with E-state index in [0.717, 1.165) is 59.8 Å². The van der Waals surface area contributed by atoms with Gasteiger partial charge >= 0.3 is 161 Å². The Balaban J connectivity index is 0.000000334. The van der Waals surface area contributed by atoms with Crippen molar-refractivity contribution in [3.63, 3.8) is 0 Å². The summed E-state index contributed by atoms with van der Waals surface area (Å²) < 4.78 is 2.75. The standard InChI is InChI=1S/C23H23N2Se.C13H24O2.Ir/c1-14-8-15(2)10-17(9-14)19-11-18-16(13-24-19)6-7-20-22(18)25-21(26-20)12-23(3,4)5;1-5-10(6-2)12(14)9-13(15)11(7-3)8-4;/h6-9,11,13H,12H2,1-5H3;9-11,14H,5-8H2,1-4H3;/q-1;;/b;12-9-;. The first-order valence-electron chi connectivity index (χ1n) is 15.0. The van der Waals surface area contributed by atoms with Gasteiger partial charge in [0, 0.05) is 38.0 Å². The van der Waals surface area contributed by atoms with Crippen LogP contribution >= 0.6 is 0 Å². The molecule has 6 heteroatoms. The third-order valence-corrected chi connectivity index (χ3v) is 9.63. The molecule has 0 aliphatic heterocycles. The van der Waals surface area contributed by atoms with E-state index in [2.05, 4.69) is 76.0 Å². The second-order valence-electron chi connectivity index (χ2n) is 12.3. The van der Waals surface area contributed by atoms with Gasteiger partial charge in [-0.2, -0.15) is 0 Å². The number of aryl methyl sites for hydroxylation is 2. The van der Waals surface area contributed by atoms with Crippen LogP contribution in [0.2, 0.25) is 0 Å². The summed E-state index contributed by atoms with van der Waals surface area (Å²) >= 11 is 0.340. The van der Waals surface area contributed by atoms with Crippen molar-refractivity contribution in [2.75, 3.05) is 0 Å². The van der Waals surface area contributed by atoms with Gasteiger partial charge in [-0.05, 0) is 25.7 Å². The Hall–Kier alpha value is -2.10. The third-order valence-electron chi connectivity index (χ3n) is 7.49. The average Bonchev–Trinajstić information content (AvgIpc) is 3.31. The zero-order valence-corrected chi connectivity index (χ0v) is 30.8. The van der Waals surface area contributed by atoms with Crippen LogP contribution in [0, 0.1) is 37.2 Å². The molecule has 2 heterocycles. The van der Waals surface area contributed by atoms with Crippen LogP contribution in [0.1, 0.15) is 89.8 Å². The number of hydrogen-bond donors (Lipinski definition) is 1. The number of carbonyl (C=O) groups excluding carboxylic acids is 1. The summed E-state index contributed by atoms with van der Waals surface area (Å²) in [6.07, 6.45) is 7.94. The molecule has 4 aromatic rings. The van der Waals surface area contributed by atoms with Crippen molar-refractivity contribution in [1.82, 2.24) is 9.97 Å². The minimum atomic E-state index is 0. The summed E-state index contributed by atoms with van der Waals surface area (Å²) in [5.41, 5.74) is 5.86. The molecule has 0 bridgehead atoms. The molecule has 1 radical (unpaired) electrons. The second kappa shape index (κ2) is 16.1. The molecule has 4 nitrogen and oxygen atoms in total. The Kier molecular flexibility index (Phi) is 13.8. The van der Waals surface area contributed by atoms with Gasteiger partial charge in [-0.15, -0.1) is 0 Å². The van der Waals surface area contributed by atoms with Crippen LogP contribution in [0.3, 0.4) is 0 Å². The predicted octanol–water partition coefficient (Wildman–Crippen LogP) is 9.38. The topological polar surface area (TPSA) is 63.1 Å². The molecule has 1 N–H and O–H groups in total. The summed E-state index contributed by atoms with van der Waals surface area (Å²) in [6.45, 7) is 19.1. The van der Waals surface area contributed by atoms with Crippen molar-refractivity contribution >= 4 is 40.8 Å². The first-order chi connectivity index (χ1) is 19.4. The average molecular weight is 811 g/mol. The number of aliphatic hydroxyl groups excluding tert-OH is 1. The van der Waals surface area contributed by atoms with Gasteiger partial charge in [0.05, 0.1) is 5.76 Å². The summed E-state index contributed by atoms with van der Waals surface area (Å²) in [7, 11) is 0. The predicted molar refractivity (Wildman–Crippen MR) is 175 cm³/mol. The molecule has 0 aliphatic rings. The number of fused-ring (bicyclic) bond motifs is 3. The Labute approximate surface area is 272 Å². The summed E-state index contributed by atoms with van der Waals surface area (Å²) in [4.78, 5) is 21.4. The Morgan fingerprint density at radius 3 is 2.21 bits per heavy atom. The first kappa shape index (κ1) is 36.1. The van der Waals surface area contributed by atoms with E-state index in [1.165, 1.54) is 25.9 Å². The number of aromatic nitrogens is 2. The maximum Gasteiger partial charge on any atom is 0 e. The molecule has 2 aromatic carbocycles. The minimum absolute atomic E-state index is 0. The first-order valence-corrected chi connectivity index (χ1v) is 16.7. The van der Waals surface area contributed by atoms with E-state index in [1.54, 1.807) is 0 Å². The fourth-order valence-corrected chi connectivity index (χ4v) is 7.84. The third kappa shape index (κ3) is 9.71. The molecule has 0 amide bonds. The molecule has 4 rings (SSSR count). The van der Waals surface area contributed by atoms with Gasteiger partial charge in [0.25, 0.3) is 0 Å². The molecule has 0 aliphatic carbocycles. The maximum absolute atomic E-state index is 11.7. The van der Waals surface area contributed by atoms with E-state index >= 15 is 0 Å². The molecule has 0 saturated heterocycles. The molecular formula is C36H47IrN2O2Se-. The van der Waals surface area contributed by atoms with E-state index in [1.807, 2.05) is 33.9 Å². The number of ketones is 1. The monoisotopic (exact) mass is 812 g/mol. The van der Waals surface area contributed by atoms with Crippen LogP contribution in [0.4, 0.5) is 0 Å². The number of allylic oxidation sites excluding steroid dienone is 2. The largest absolute Gasteiger partial charge is 0 e. The van der Waals surface area contributed by atoms with Crippen molar-refractivity contribution in [2.24, 2.45) is 17.3 Å². The van der Waals surface area contributed by atoms with Crippen molar-refractivity contribution in [2.45, 2.75) is 94.4 Å². The van der Waals surface area contributed by atoms with Gasteiger partial charge < -0.3 is 5.11 Å². The van der Waals surface area contributed by atoms with E-state index in [9.17, 15) is 9.90 Å². The SMILES string of the molecule is CCC(CC)C(=O)/C=C(\O)C(CC)CC.Cc1[c-]c(-c2cc3c(ccc4[se]c(CC(C)(C)C)nc43)cn2)cc(C)c1.[Ir]. The maximum atomic E-state index is 11.7. The molecule has 0 atom stereocenters. The van der Waals surface area contributed by atoms with Crippen LogP contribution in [0.15, 0.2) is 48.4 Å². The van der Waals surface area contributed by atoms with E-state index < -0.39 is 0 Å². The van der Waals surface area contributed by atoms with Gasteiger partial charge in [0.1, 0.15) is 0 Å². The summed E-state index contributed by atoms with van der Waals surface area (Å²) in [5, 5.41) is 12.1. The van der Waals surface area contributed by atoms with Crippen LogP contribution in [0.5, 0.6) is 0 Å². The normalized spacial score (nSPS) is 12.0. The smallest absolute Gasteiger partial charge is 0 e. The number of benzene rings is 2. The van der Waals surface area contributed by atoms with Crippen LogP contribution in [0.25, 0.3) is 31.8 Å². The Morgan fingerprint density at radius 2 is 1.64 bits per heavy atom. The molecule has 0 spiro atoms. The van der Waals surface area contributed by atoms with Crippen molar-refractivity contribution in [3.05, 3.63) is 70.1 Å². The van der Waals surface area contributed by atoms with Crippen LogP contribution in [-0.4, -0.2) is 35.4 Å².